The van der Waals surface area contributed by atoms with Gasteiger partial charge in [-0.05, 0) is 46.1 Å². The van der Waals surface area contributed by atoms with Gasteiger partial charge in [-0.1, -0.05) is 12.8 Å². The molecule has 2 atom stereocenters. The van der Waals surface area contributed by atoms with Crippen molar-refractivity contribution in [2.45, 2.75) is 71.9 Å². The molecule has 1 aliphatic heterocycles. The smallest absolute Gasteiger partial charge is 0.311 e. The summed E-state index contributed by atoms with van der Waals surface area (Å²) >= 11 is 0. The molecule has 2 aliphatic rings. The molecule has 0 spiro atoms. The van der Waals surface area contributed by atoms with Crippen LogP contribution in [0.3, 0.4) is 0 Å². The van der Waals surface area contributed by atoms with Crippen molar-refractivity contribution < 1.29 is 23.9 Å². The van der Waals surface area contributed by atoms with Crippen LogP contribution in [0, 0.1) is 19.8 Å². The molecule has 152 valence electrons. The molecule has 1 aromatic heterocycles. The van der Waals surface area contributed by atoms with Gasteiger partial charge in [0.05, 0.1) is 11.6 Å². The Hall–Kier alpha value is -2.44. The van der Waals surface area contributed by atoms with Crippen molar-refractivity contribution in [1.29, 1.82) is 0 Å². The van der Waals surface area contributed by atoms with Gasteiger partial charge in [0.15, 0.2) is 11.9 Å². The second-order valence-corrected chi connectivity index (χ2v) is 8.01. The Morgan fingerprint density at radius 1 is 1.18 bits per heavy atom. The summed E-state index contributed by atoms with van der Waals surface area (Å²) in [6, 6.07) is 0.235. The van der Waals surface area contributed by atoms with Gasteiger partial charge in [0.1, 0.15) is 0 Å². The van der Waals surface area contributed by atoms with Gasteiger partial charge in [-0.3, -0.25) is 19.2 Å². The van der Waals surface area contributed by atoms with Crippen LogP contribution in [-0.2, 0) is 14.3 Å². The normalized spacial score (nSPS) is 21.2. The molecule has 3 rings (SSSR count). The van der Waals surface area contributed by atoms with Gasteiger partial charge < -0.3 is 14.6 Å². The van der Waals surface area contributed by atoms with Crippen molar-refractivity contribution in [3.8, 4) is 0 Å². The molecule has 2 heterocycles. The summed E-state index contributed by atoms with van der Waals surface area (Å²) in [6.45, 7) is 6.79. The Morgan fingerprint density at radius 3 is 2.39 bits per heavy atom. The predicted octanol–water partition coefficient (Wildman–Crippen LogP) is 2.74. The van der Waals surface area contributed by atoms with Gasteiger partial charge in [0.25, 0.3) is 0 Å². The van der Waals surface area contributed by atoms with Crippen molar-refractivity contribution in [2.75, 3.05) is 6.54 Å². The van der Waals surface area contributed by atoms with Crippen LogP contribution < -0.4 is 0 Å². The van der Waals surface area contributed by atoms with Crippen LogP contribution in [0.4, 0.5) is 0 Å². The van der Waals surface area contributed by atoms with E-state index < -0.39 is 18.0 Å². The van der Waals surface area contributed by atoms with Crippen LogP contribution in [0.5, 0.6) is 0 Å². The number of ether oxygens (including phenoxy) is 1. The maximum absolute atomic E-state index is 12.7. The Morgan fingerprint density at radius 2 is 1.82 bits per heavy atom. The van der Waals surface area contributed by atoms with E-state index in [1.54, 1.807) is 13.8 Å². The summed E-state index contributed by atoms with van der Waals surface area (Å²) in [7, 11) is 0. The first-order valence-corrected chi connectivity index (χ1v) is 9.95. The maximum atomic E-state index is 12.7. The summed E-state index contributed by atoms with van der Waals surface area (Å²) in [5.41, 5.74) is 1.98. The highest BCUT2D eigenvalue weighted by atomic mass is 16.5. The Bertz CT molecular complexity index is 819. The summed E-state index contributed by atoms with van der Waals surface area (Å²) in [5, 5.41) is 0. The Labute approximate surface area is 164 Å². The van der Waals surface area contributed by atoms with Gasteiger partial charge in [-0.25, -0.2) is 0 Å². The number of nitrogens with zero attached hydrogens (tertiary/aromatic N) is 1. The number of rotatable bonds is 6. The monoisotopic (exact) mass is 388 g/mol. The number of ketones is 2. The number of likely N-dealkylation sites (tertiary alicyclic amines) is 1. The Kier molecular flexibility index (Phi) is 5.72. The van der Waals surface area contributed by atoms with E-state index in [-0.39, 0.29) is 35.6 Å². The lowest BCUT2D eigenvalue weighted by Crippen LogP contribution is -2.35. The van der Waals surface area contributed by atoms with E-state index in [1.165, 1.54) is 13.8 Å². The lowest BCUT2D eigenvalue weighted by Gasteiger charge is -2.24. The van der Waals surface area contributed by atoms with E-state index in [2.05, 4.69) is 4.98 Å². The minimum Gasteiger partial charge on any atom is -0.454 e. The molecule has 1 N–H and O–H groups in total. The van der Waals surface area contributed by atoms with Gasteiger partial charge in [-0.2, -0.15) is 0 Å². The number of carbonyl (C=O) groups is 4. The van der Waals surface area contributed by atoms with Crippen molar-refractivity contribution in [1.82, 2.24) is 9.88 Å². The molecule has 7 heteroatoms. The molecule has 1 aliphatic carbocycles. The summed E-state index contributed by atoms with van der Waals surface area (Å²) < 4.78 is 5.40. The van der Waals surface area contributed by atoms with E-state index >= 15 is 0 Å². The second-order valence-electron chi connectivity index (χ2n) is 8.01. The predicted molar refractivity (Wildman–Crippen MR) is 102 cm³/mol. The first-order chi connectivity index (χ1) is 13.2. The van der Waals surface area contributed by atoms with E-state index in [0.29, 0.717) is 23.4 Å². The highest BCUT2D eigenvalue weighted by Gasteiger charge is 2.40. The fourth-order valence-corrected chi connectivity index (χ4v) is 4.51. The average molecular weight is 388 g/mol. The molecule has 28 heavy (non-hydrogen) atoms. The van der Waals surface area contributed by atoms with Crippen molar-refractivity contribution in [3.05, 3.63) is 22.5 Å². The highest BCUT2D eigenvalue weighted by molar-refractivity contribution is 6.05. The van der Waals surface area contributed by atoms with Crippen LogP contribution in [0.2, 0.25) is 0 Å². The lowest BCUT2D eigenvalue weighted by molar-refractivity contribution is -0.151. The average Bonchev–Trinajstić information content (AvgIpc) is 3.33. The van der Waals surface area contributed by atoms with Crippen LogP contribution in [-0.4, -0.2) is 52.0 Å². The molecule has 0 radical (unpaired) electrons. The molecule has 7 nitrogen and oxygen atoms in total. The standard InChI is InChI=1S/C21H28N2O5/c1-11-18(13(3)24)12(2)22-19(11)20(26)14(4)28-21(27)15-9-17(25)23(10-15)16-7-5-6-8-16/h14-16,22H,5-10H2,1-4H3/t14-,15-/m1/s1. The zero-order chi connectivity index (χ0) is 20.6. The molecular formula is C21H28N2O5. The molecular weight excluding hydrogens is 360 g/mol. The number of carbonyl (C=O) groups excluding carboxylic acids is 4. The van der Waals surface area contributed by atoms with Crippen molar-refractivity contribution >= 4 is 23.4 Å². The lowest BCUT2D eigenvalue weighted by atomic mass is 10.0. The minimum atomic E-state index is -0.986. The number of aromatic amines is 1. The number of hydrogen-bond acceptors (Lipinski definition) is 5. The number of aromatic nitrogens is 1. The molecule has 1 aromatic rings. The quantitative estimate of drug-likeness (QED) is 0.597. The number of esters is 1. The third-order valence-electron chi connectivity index (χ3n) is 5.96. The van der Waals surface area contributed by atoms with E-state index in [4.69, 9.17) is 4.74 Å². The summed E-state index contributed by atoms with van der Waals surface area (Å²) in [5.74, 6) is -1.54. The SMILES string of the molecule is CC(=O)c1c(C)[nH]c(C(=O)[C@@H](C)OC(=O)[C@@H]2CC(=O)N(C3CCCC3)C2)c1C. The molecule has 1 saturated carbocycles. The third kappa shape index (κ3) is 3.75. The fourth-order valence-electron chi connectivity index (χ4n) is 4.51. The number of H-pyrrole nitrogens is 1. The highest BCUT2D eigenvalue weighted by Crippen LogP contribution is 2.30. The van der Waals surface area contributed by atoms with Gasteiger partial charge in [0, 0.05) is 30.3 Å². The topological polar surface area (TPSA) is 96.5 Å². The molecule has 0 unspecified atom stereocenters. The number of amides is 1. The molecule has 0 aromatic carbocycles. The molecule has 0 bridgehead atoms. The van der Waals surface area contributed by atoms with E-state index in [9.17, 15) is 19.2 Å². The third-order valence-corrected chi connectivity index (χ3v) is 5.96. The first kappa shape index (κ1) is 20.3. The largest absolute Gasteiger partial charge is 0.454 e. The number of aryl methyl sites for hydroxylation is 1. The fraction of sp³-hybridized carbons (Fsp3) is 0.619. The number of nitrogens with one attached hydrogen (secondary N) is 1. The second kappa shape index (κ2) is 7.89. The van der Waals surface area contributed by atoms with E-state index in [1.807, 2.05) is 4.90 Å². The zero-order valence-corrected chi connectivity index (χ0v) is 17.0. The van der Waals surface area contributed by atoms with Crippen molar-refractivity contribution in [2.24, 2.45) is 5.92 Å². The zero-order valence-electron chi connectivity index (χ0n) is 17.0. The van der Waals surface area contributed by atoms with Crippen LogP contribution >= 0.6 is 0 Å². The van der Waals surface area contributed by atoms with Crippen LogP contribution in [0.1, 0.15) is 78.1 Å². The minimum absolute atomic E-state index is 0.00485. The van der Waals surface area contributed by atoms with Gasteiger partial charge in [-0.15, -0.1) is 0 Å². The molecule has 1 amide bonds. The molecule has 1 saturated heterocycles. The van der Waals surface area contributed by atoms with Gasteiger partial charge in [0.2, 0.25) is 11.7 Å². The van der Waals surface area contributed by atoms with Crippen LogP contribution in [0.25, 0.3) is 0 Å². The van der Waals surface area contributed by atoms with Crippen molar-refractivity contribution in [3.63, 3.8) is 0 Å². The van der Waals surface area contributed by atoms with E-state index in [0.717, 1.165) is 25.7 Å². The number of Topliss-reactive ketones (excluding diaryl/α,β-unsaturated/α-hetero) is 2. The summed E-state index contributed by atoms with van der Waals surface area (Å²) in [6.07, 6.45) is 3.38. The number of hydrogen-bond donors (Lipinski definition) is 1. The first-order valence-electron chi connectivity index (χ1n) is 9.95. The summed E-state index contributed by atoms with van der Waals surface area (Å²) in [4.78, 5) is 54.1. The van der Waals surface area contributed by atoms with Crippen LogP contribution in [0.15, 0.2) is 0 Å². The molecule has 2 fully saturated rings. The maximum Gasteiger partial charge on any atom is 0.311 e. The van der Waals surface area contributed by atoms with Gasteiger partial charge >= 0.3 is 5.97 Å². The Balaban J connectivity index is 1.64.